The molecule has 0 bridgehead atoms. The molecule has 0 radical (unpaired) electrons. The largest absolute Gasteiger partial charge is 0.529 e. The molecule has 0 aliphatic carbocycles. The lowest BCUT2D eigenvalue weighted by atomic mass is 10.9. The zero-order valence-corrected chi connectivity index (χ0v) is 6.02. The Morgan fingerprint density at radius 3 is 2.00 bits per heavy atom. The molecule has 0 saturated carbocycles. The molecule has 0 saturated heterocycles. The van der Waals surface area contributed by atoms with Gasteiger partial charge >= 0.3 is 0 Å². The van der Waals surface area contributed by atoms with Gasteiger partial charge in [-0.2, -0.15) is 0 Å². The van der Waals surface area contributed by atoms with Crippen LogP contribution in [0.15, 0.2) is 0 Å². The lowest BCUT2D eigenvalue weighted by molar-refractivity contribution is -0.131. The van der Waals surface area contributed by atoms with Crippen LogP contribution >= 0.6 is 0 Å². The van der Waals surface area contributed by atoms with Crippen molar-refractivity contribution in [2.45, 2.75) is 6.92 Å². The van der Waals surface area contributed by atoms with E-state index in [1.54, 1.807) is 0 Å². The van der Waals surface area contributed by atoms with E-state index < -0.39 is 0 Å². The highest BCUT2D eigenvalue weighted by atomic mass is 28.2. The van der Waals surface area contributed by atoms with Gasteiger partial charge in [-0.3, -0.25) is 4.79 Å². The summed E-state index contributed by atoms with van der Waals surface area (Å²) in [5.74, 6) is -0.184. The Hall–Kier alpha value is -0.353. The highest BCUT2D eigenvalue weighted by molar-refractivity contribution is 6.04. The smallest absolute Gasteiger partial charge is 0.288 e. The molecule has 6 heavy (non-hydrogen) atoms. The van der Waals surface area contributed by atoms with Crippen molar-refractivity contribution in [1.82, 2.24) is 6.15 Å². The van der Waals surface area contributed by atoms with Crippen LogP contribution in [0, 0.1) is 0 Å². The van der Waals surface area contributed by atoms with Crippen LogP contribution in [0.3, 0.4) is 0 Å². The predicted molar refractivity (Wildman–Crippen MR) is 26.7 cm³/mol. The monoisotopic (exact) mass is 107 g/mol. The van der Waals surface area contributed by atoms with Crippen LogP contribution in [-0.4, -0.2) is 16.5 Å². The summed E-state index contributed by atoms with van der Waals surface area (Å²) < 4.78 is 4.25. The Bertz CT molecular complexity index is 46.8. The maximum atomic E-state index is 9.62. The van der Waals surface area contributed by atoms with Crippen molar-refractivity contribution in [3.05, 3.63) is 0 Å². The van der Waals surface area contributed by atoms with Crippen molar-refractivity contribution >= 4 is 16.5 Å². The molecule has 0 aliphatic rings. The van der Waals surface area contributed by atoms with E-state index in [0.29, 0.717) is 10.5 Å². The third kappa shape index (κ3) is 9.42. The lowest BCUT2D eigenvalue weighted by Crippen LogP contribution is -1.90. The fraction of sp³-hybridized carbons (Fsp3) is 0.500. The quantitative estimate of drug-likeness (QED) is 0.403. The third-order valence-electron chi connectivity index (χ3n) is 0.287. The van der Waals surface area contributed by atoms with Crippen LogP contribution in [0.25, 0.3) is 0 Å². The van der Waals surface area contributed by atoms with E-state index in [9.17, 15) is 4.79 Å². The minimum absolute atomic E-state index is 0. The van der Waals surface area contributed by atoms with Crippen LogP contribution in [0.5, 0.6) is 0 Å². The first kappa shape index (κ1) is 9.17. The molecule has 0 aromatic carbocycles. The standard InChI is InChI=1S/C2H6O2Si.H3N/c1-2(3)4-5;/h1,5H3;1H3. The third-order valence-corrected chi connectivity index (χ3v) is 0.862. The van der Waals surface area contributed by atoms with Gasteiger partial charge in [-0.25, -0.2) is 0 Å². The predicted octanol–water partition coefficient (Wildman–Crippen LogP) is -1.01. The molecule has 0 aromatic heterocycles. The number of carbonyl (C=O) groups is 1. The summed E-state index contributed by atoms with van der Waals surface area (Å²) >= 11 is 0. The molecule has 3 nitrogen and oxygen atoms in total. The van der Waals surface area contributed by atoms with Gasteiger partial charge in [-0.05, 0) is 0 Å². The lowest BCUT2D eigenvalue weighted by Gasteiger charge is -1.82. The molecule has 3 N–H and O–H groups in total. The summed E-state index contributed by atoms with van der Waals surface area (Å²) in [5.41, 5.74) is 0. The number of hydrogen-bond acceptors (Lipinski definition) is 3. The van der Waals surface area contributed by atoms with Gasteiger partial charge in [0.1, 0.15) is 0 Å². The minimum atomic E-state index is -0.184. The topological polar surface area (TPSA) is 61.3 Å². The van der Waals surface area contributed by atoms with Gasteiger partial charge < -0.3 is 10.6 Å². The van der Waals surface area contributed by atoms with Crippen LogP contribution in [0.2, 0.25) is 0 Å². The highest BCUT2D eigenvalue weighted by Gasteiger charge is 1.74. The normalized spacial score (nSPS) is 6.17. The summed E-state index contributed by atoms with van der Waals surface area (Å²) in [5, 5.41) is 0. The average molecular weight is 107 g/mol. The number of hydrogen-bond donors (Lipinski definition) is 1. The molecule has 0 atom stereocenters. The second kappa shape index (κ2) is 4.65. The first-order valence-corrected chi connectivity index (χ1v) is 2.13. The van der Waals surface area contributed by atoms with E-state index in [2.05, 4.69) is 4.43 Å². The molecule has 38 valence electrons. The zero-order chi connectivity index (χ0) is 4.28. The molecule has 0 spiro atoms. The van der Waals surface area contributed by atoms with Crippen LogP contribution in [-0.2, 0) is 9.22 Å². The van der Waals surface area contributed by atoms with Crippen molar-refractivity contribution < 1.29 is 9.22 Å². The zero-order valence-electron chi connectivity index (χ0n) is 4.02. The number of carbonyl (C=O) groups excluding carboxylic acids is 1. The highest BCUT2D eigenvalue weighted by Crippen LogP contribution is 1.58. The molecule has 0 aromatic rings. The van der Waals surface area contributed by atoms with E-state index in [4.69, 9.17) is 0 Å². The van der Waals surface area contributed by atoms with Gasteiger partial charge in [0.15, 0.2) is 0 Å². The summed E-state index contributed by atoms with van der Waals surface area (Å²) in [7, 11) is 0.524. The molecular weight excluding hydrogens is 98.1 g/mol. The van der Waals surface area contributed by atoms with Crippen molar-refractivity contribution in [3.8, 4) is 0 Å². The Morgan fingerprint density at radius 2 is 2.00 bits per heavy atom. The van der Waals surface area contributed by atoms with Crippen molar-refractivity contribution in [2.75, 3.05) is 0 Å². The van der Waals surface area contributed by atoms with E-state index in [1.807, 2.05) is 0 Å². The summed E-state index contributed by atoms with van der Waals surface area (Å²) in [4.78, 5) is 9.62. The molecule has 4 heteroatoms. The van der Waals surface area contributed by atoms with E-state index in [-0.39, 0.29) is 12.1 Å². The Labute approximate surface area is 39.8 Å². The molecule has 0 aliphatic heterocycles. The fourth-order valence-corrected chi connectivity index (χ4v) is 0. The van der Waals surface area contributed by atoms with Gasteiger partial charge in [0.05, 0.1) is 0 Å². The Kier molecular flexibility index (Phi) is 7.10. The molecule has 0 heterocycles. The molecule has 0 rings (SSSR count). The maximum absolute atomic E-state index is 9.62. The molecule has 0 fully saturated rings. The van der Waals surface area contributed by atoms with Gasteiger partial charge in [0.2, 0.25) is 10.5 Å². The van der Waals surface area contributed by atoms with E-state index >= 15 is 0 Å². The van der Waals surface area contributed by atoms with Crippen molar-refractivity contribution in [1.29, 1.82) is 0 Å². The SMILES string of the molecule is CC(=O)O[SiH3].N. The van der Waals surface area contributed by atoms with Crippen molar-refractivity contribution in [3.63, 3.8) is 0 Å². The summed E-state index contributed by atoms with van der Waals surface area (Å²) in [6, 6.07) is 0. The van der Waals surface area contributed by atoms with Crippen LogP contribution < -0.4 is 6.15 Å². The second-order valence-corrected chi connectivity index (χ2v) is 1.10. The second-order valence-electron chi connectivity index (χ2n) is 0.696. The summed E-state index contributed by atoms with van der Waals surface area (Å²) in [6.07, 6.45) is 0. The maximum Gasteiger partial charge on any atom is 0.288 e. The van der Waals surface area contributed by atoms with Crippen molar-refractivity contribution in [2.24, 2.45) is 0 Å². The summed E-state index contributed by atoms with van der Waals surface area (Å²) in [6.45, 7) is 1.40. The van der Waals surface area contributed by atoms with Gasteiger partial charge in [0.25, 0.3) is 5.97 Å². The number of rotatable bonds is 0. The van der Waals surface area contributed by atoms with Crippen LogP contribution in [0.4, 0.5) is 0 Å². The fourth-order valence-electron chi connectivity index (χ4n) is 0. The van der Waals surface area contributed by atoms with Gasteiger partial charge in [-0.1, -0.05) is 0 Å². The average Bonchev–Trinajstić information content (AvgIpc) is 1.38. The Balaban J connectivity index is 0. The molecular formula is C2H9NO2Si. The van der Waals surface area contributed by atoms with Gasteiger partial charge in [-0.15, -0.1) is 0 Å². The van der Waals surface area contributed by atoms with E-state index in [0.717, 1.165) is 0 Å². The molecule has 0 amide bonds. The first-order chi connectivity index (χ1) is 2.27. The first-order valence-electron chi connectivity index (χ1n) is 1.32. The Morgan fingerprint density at radius 1 is 1.83 bits per heavy atom. The van der Waals surface area contributed by atoms with Crippen LogP contribution in [0.1, 0.15) is 6.92 Å². The minimum Gasteiger partial charge on any atom is -0.529 e. The van der Waals surface area contributed by atoms with E-state index in [1.165, 1.54) is 6.92 Å². The molecule has 0 unspecified atom stereocenters. The van der Waals surface area contributed by atoms with Gasteiger partial charge in [0, 0.05) is 6.92 Å².